The molecule has 1 aromatic carbocycles. The van der Waals surface area contributed by atoms with Crippen LogP contribution in [0.4, 0.5) is 19.1 Å². The van der Waals surface area contributed by atoms with Crippen molar-refractivity contribution in [2.24, 2.45) is 0 Å². The fraction of sp³-hybridized carbons (Fsp3) is 0.176. The van der Waals surface area contributed by atoms with E-state index in [1.54, 1.807) is 6.08 Å². The second-order valence-electron chi connectivity index (χ2n) is 6.10. The van der Waals surface area contributed by atoms with Crippen molar-refractivity contribution in [2.45, 2.75) is 19.6 Å². The summed E-state index contributed by atoms with van der Waals surface area (Å²) >= 11 is 6.10. The summed E-state index contributed by atoms with van der Waals surface area (Å²) < 4.78 is 42.0. The molecule has 0 unspecified atom stereocenters. The van der Waals surface area contributed by atoms with E-state index in [1.807, 2.05) is 0 Å². The van der Waals surface area contributed by atoms with Gasteiger partial charge in [-0.15, -0.1) is 0 Å². The van der Waals surface area contributed by atoms with Crippen LogP contribution in [0.2, 0.25) is 5.15 Å². The van der Waals surface area contributed by atoms with E-state index in [0.717, 1.165) is 12.1 Å². The molecular formula is C17H11ClF3N5O2. The third-order valence-electron chi connectivity index (χ3n) is 4.22. The third-order valence-corrected chi connectivity index (χ3v) is 4.48. The highest BCUT2D eigenvalue weighted by Crippen LogP contribution is 2.34. The first kappa shape index (κ1) is 18.2. The van der Waals surface area contributed by atoms with Crippen LogP contribution in [0.1, 0.15) is 18.1 Å². The van der Waals surface area contributed by atoms with Crippen LogP contribution in [-0.4, -0.2) is 25.2 Å². The number of alkyl halides is 3. The molecule has 28 heavy (non-hydrogen) atoms. The van der Waals surface area contributed by atoms with Gasteiger partial charge >= 0.3 is 6.18 Å². The van der Waals surface area contributed by atoms with Crippen LogP contribution in [0.25, 0.3) is 16.7 Å². The lowest BCUT2D eigenvalue weighted by molar-refractivity contribution is -0.137. The highest BCUT2D eigenvalue weighted by atomic mass is 35.5. The molecule has 11 heteroatoms. The molecule has 0 spiro atoms. The Balaban J connectivity index is 1.95. The molecule has 7 nitrogen and oxygen atoms in total. The maximum atomic E-state index is 13.1. The second-order valence-corrected chi connectivity index (χ2v) is 6.46. The molecule has 0 fully saturated rings. The van der Waals surface area contributed by atoms with Gasteiger partial charge in [0.15, 0.2) is 10.8 Å². The van der Waals surface area contributed by atoms with Crippen molar-refractivity contribution in [2.75, 3.05) is 5.32 Å². The first-order chi connectivity index (χ1) is 13.2. The van der Waals surface area contributed by atoms with E-state index < -0.39 is 23.2 Å². The molecule has 3 aromatic rings. The molecule has 0 saturated carbocycles. The molecule has 1 N–H and O–H groups in total. The monoisotopic (exact) mass is 409 g/mol. The number of nitrogens with one attached hydrogen (secondary N) is 1. The second kappa shape index (κ2) is 6.20. The molecule has 2 aromatic heterocycles. The van der Waals surface area contributed by atoms with Gasteiger partial charge in [0.1, 0.15) is 5.39 Å². The highest BCUT2D eigenvalue weighted by molar-refractivity contribution is 6.34. The van der Waals surface area contributed by atoms with Crippen molar-refractivity contribution < 1.29 is 18.0 Å². The Kier molecular flexibility index (Phi) is 4.03. The number of carbonyl (C=O) groups is 1. The van der Waals surface area contributed by atoms with Crippen LogP contribution in [0, 0.1) is 0 Å². The van der Waals surface area contributed by atoms with Gasteiger partial charge in [0.2, 0.25) is 11.9 Å². The number of benzene rings is 1. The van der Waals surface area contributed by atoms with Gasteiger partial charge in [-0.25, -0.2) is 4.68 Å². The number of hydrogen-bond acceptors (Lipinski definition) is 4. The van der Waals surface area contributed by atoms with Crippen LogP contribution < -0.4 is 10.9 Å². The molecule has 144 valence electrons. The minimum absolute atomic E-state index is 0.00200. The zero-order chi connectivity index (χ0) is 20.2. The summed E-state index contributed by atoms with van der Waals surface area (Å²) in [6, 6.07) is 4.76. The van der Waals surface area contributed by atoms with Crippen molar-refractivity contribution in [1.82, 2.24) is 19.3 Å². The van der Waals surface area contributed by atoms with Gasteiger partial charge in [0, 0.05) is 19.0 Å². The van der Waals surface area contributed by atoms with E-state index in [0.29, 0.717) is 5.70 Å². The Morgan fingerprint density at radius 2 is 2.07 bits per heavy atom. The largest absolute Gasteiger partial charge is 0.416 e. The van der Waals surface area contributed by atoms with Gasteiger partial charge in [-0.1, -0.05) is 23.7 Å². The topological polar surface area (TPSA) is 81.8 Å². The lowest BCUT2D eigenvalue weighted by Crippen LogP contribution is -2.24. The normalized spacial score (nSPS) is 13.5. The van der Waals surface area contributed by atoms with Crippen LogP contribution in [0.3, 0.4) is 0 Å². The van der Waals surface area contributed by atoms with Gasteiger partial charge in [-0.2, -0.15) is 23.3 Å². The number of allylic oxidation sites excluding steroid dienone is 1. The van der Waals surface area contributed by atoms with Gasteiger partial charge in [0.25, 0.3) is 5.56 Å². The average Bonchev–Trinajstić information content (AvgIpc) is 2.96. The Labute approximate surface area is 160 Å². The summed E-state index contributed by atoms with van der Waals surface area (Å²) in [5.74, 6) is -0.429. The zero-order valence-electron chi connectivity index (χ0n) is 14.2. The lowest BCUT2D eigenvalue weighted by atomic mass is 10.1. The predicted molar refractivity (Wildman–Crippen MR) is 95.9 cm³/mol. The van der Waals surface area contributed by atoms with Crippen molar-refractivity contribution in [3.63, 3.8) is 0 Å². The van der Waals surface area contributed by atoms with E-state index in [2.05, 4.69) is 15.4 Å². The number of rotatable bonds is 2. The molecular weight excluding hydrogens is 399 g/mol. The SMILES string of the molecule is CC(=O)Nc1nc(=O)c2c(Cl)nn3c2n1CC=C3c1cccc(C(F)(F)F)c1. The van der Waals surface area contributed by atoms with Crippen LogP contribution in [-0.2, 0) is 17.5 Å². The maximum absolute atomic E-state index is 13.1. The summed E-state index contributed by atoms with van der Waals surface area (Å²) in [5, 5.41) is 6.46. The third kappa shape index (κ3) is 2.85. The Hall–Kier alpha value is -3.14. The Morgan fingerprint density at radius 3 is 2.75 bits per heavy atom. The quantitative estimate of drug-likeness (QED) is 0.705. The van der Waals surface area contributed by atoms with Crippen molar-refractivity contribution in [3.8, 4) is 0 Å². The van der Waals surface area contributed by atoms with E-state index in [4.69, 9.17) is 11.6 Å². The minimum atomic E-state index is -4.50. The van der Waals surface area contributed by atoms with Crippen molar-refractivity contribution >= 4 is 40.2 Å². The average molecular weight is 410 g/mol. The summed E-state index contributed by atoms with van der Waals surface area (Å²) in [7, 11) is 0. The number of nitrogens with zero attached hydrogens (tertiary/aromatic N) is 4. The summed E-state index contributed by atoms with van der Waals surface area (Å²) in [5.41, 5.74) is -0.674. The fourth-order valence-corrected chi connectivity index (χ4v) is 3.32. The first-order valence-electron chi connectivity index (χ1n) is 8.01. The molecule has 1 amide bonds. The van der Waals surface area contributed by atoms with Gasteiger partial charge in [-0.3, -0.25) is 19.5 Å². The number of halogens is 4. The molecule has 1 aliphatic rings. The Bertz CT molecular complexity index is 1230. The number of aromatic nitrogens is 4. The highest BCUT2D eigenvalue weighted by Gasteiger charge is 2.31. The number of anilines is 1. The van der Waals surface area contributed by atoms with E-state index in [-0.39, 0.29) is 34.2 Å². The van der Waals surface area contributed by atoms with Crippen LogP contribution in [0.5, 0.6) is 0 Å². The standard InChI is InChI=1S/C17H11ClF3N5O2/c1-8(27)22-16-23-14(28)12-13(18)24-26-11(5-6-25(16)15(12)26)9-3-2-4-10(7-9)17(19,20)21/h2-5,7H,6H2,1H3,(H,22,23,27,28). The van der Waals surface area contributed by atoms with E-state index >= 15 is 0 Å². The molecule has 0 radical (unpaired) electrons. The number of amides is 1. The van der Waals surface area contributed by atoms with Crippen LogP contribution in [0.15, 0.2) is 35.1 Å². The molecule has 0 bridgehead atoms. The smallest absolute Gasteiger partial charge is 0.296 e. The molecule has 3 heterocycles. The summed E-state index contributed by atoms with van der Waals surface area (Å²) in [6.45, 7) is 1.41. The minimum Gasteiger partial charge on any atom is -0.296 e. The summed E-state index contributed by atoms with van der Waals surface area (Å²) in [6.07, 6.45) is -2.89. The van der Waals surface area contributed by atoms with E-state index in [9.17, 15) is 22.8 Å². The van der Waals surface area contributed by atoms with Gasteiger partial charge < -0.3 is 0 Å². The number of hydrogen-bond donors (Lipinski definition) is 1. The molecule has 0 aliphatic carbocycles. The molecule has 0 saturated heterocycles. The fourth-order valence-electron chi connectivity index (χ4n) is 3.08. The van der Waals surface area contributed by atoms with Gasteiger partial charge in [-0.05, 0) is 18.2 Å². The Morgan fingerprint density at radius 1 is 1.32 bits per heavy atom. The first-order valence-corrected chi connectivity index (χ1v) is 8.39. The molecule has 0 atom stereocenters. The van der Waals surface area contributed by atoms with Crippen molar-refractivity contribution in [3.05, 3.63) is 57.0 Å². The number of carbonyl (C=O) groups excluding carboxylic acids is 1. The lowest BCUT2D eigenvalue weighted by Gasteiger charge is -2.21. The predicted octanol–water partition coefficient (Wildman–Crippen LogP) is 3.13. The molecule has 1 aliphatic heterocycles. The van der Waals surface area contributed by atoms with Gasteiger partial charge in [0.05, 0.1) is 11.3 Å². The summed E-state index contributed by atoms with van der Waals surface area (Å²) in [4.78, 5) is 27.6. The zero-order valence-corrected chi connectivity index (χ0v) is 15.0. The maximum Gasteiger partial charge on any atom is 0.416 e. The van der Waals surface area contributed by atoms with Crippen molar-refractivity contribution in [1.29, 1.82) is 0 Å². The molecule has 4 rings (SSSR count). The van der Waals surface area contributed by atoms with Crippen LogP contribution >= 0.6 is 11.6 Å². The van der Waals surface area contributed by atoms with E-state index in [1.165, 1.54) is 28.3 Å².